The largest absolute Gasteiger partial charge is 0.334 e. The van der Waals surface area contributed by atoms with Gasteiger partial charge in [-0.1, -0.05) is 26.8 Å². The summed E-state index contributed by atoms with van der Waals surface area (Å²) in [4.78, 5) is 19.3. The highest BCUT2D eigenvalue weighted by atomic mass is 16.2. The first-order valence-corrected chi connectivity index (χ1v) is 8.36. The number of rotatable bonds is 4. The quantitative estimate of drug-likeness (QED) is 0.930. The molecule has 0 aromatic carbocycles. The van der Waals surface area contributed by atoms with Crippen LogP contribution in [-0.2, 0) is 11.3 Å². The van der Waals surface area contributed by atoms with Crippen LogP contribution in [0.25, 0.3) is 0 Å². The van der Waals surface area contributed by atoms with Gasteiger partial charge < -0.3 is 10.2 Å². The van der Waals surface area contributed by atoms with E-state index in [2.05, 4.69) is 36.0 Å². The minimum atomic E-state index is 0.0163. The number of nitrogens with one attached hydrogen (secondary N) is 1. The average Bonchev–Trinajstić information content (AvgIpc) is 2.73. The molecule has 0 bridgehead atoms. The van der Waals surface area contributed by atoms with E-state index in [0.717, 1.165) is 38.0 Å². The van der Waals surface area contributed by atoms with Crippen molar-refractivity contribution in [2.75, 3.05) is 13.1 Å². The topological polar surface area (TPSA) is 45.2 Å². The van der Waals surface area contributed by atoms with Crippen molar-refractivity contribution in [2.24, 2.45) is 5.41 Å². The molecule has 0 radical (unpaired) electrons. The molecule has 4 nitrogen and oxygen atoms in total. The Balaban J connectivity index is 2.13. The Morgan fingerprint density at radius 1 is 1.32 bits per heavy atom. The number of carbonyl (C=O) groups is 1. The molecule has 1 aliphatic heterocycles. The molecule has 1 atom stereocenters. The first kappa shape index (κ1) is 16.9. The van der Waals surface area contributed by atoms with Gasteiger partial charge in [-0.15, -0.1) is 0 Å². The van der Waals surface area contributed by atoms with Crippen LogP contribution in [0.3, 0.4) is 0 Å². The number of amides is 1. The van der Waals surface area contributed by atoms with E-state index in [1.54, 1.807) is 6.20 Å². The Morgan fingerprint density at radius 2 is 2.14 bits per heavy atom. The van der Waals surface area contributed by atoms with Crippen molar-refractivity contribution < 1.29 is 4.79 Å². The Kier molecular flexibility index (Phi) is 5.95. The standard InChI is InChI=1S/C18H29N3O/c1-18(2,3)13-17(22)21(14-15-7-4-5-11-20-15)16-8-6-10-19-12-9-16/h4-5,7,11,16,19H,6,8-10,12-14H2,1-3H3. The molecule has 1 unspecified atom stereocenters. The van der Waals surface area contributed by atoms with Gasteiger partial charge in [0.15, 0.2) is 0 Å². The van der Waals surface area contributed by atoms with Crippen molar-refractivity contribution in [3.63, 3.8) is 0 Å². The lowest BCUT2D eigenvalue weighted by atomic mass is 9.91. The maximum Gasteiger partial charge on any atom is 0.223 e. The van der Waals surface area contributed by atoms with Crippen molar-refractivity contribution in [3.05, 3.63) is 30.1 Å². The van der Waals surface area contributed by atoms with E-state index in [1.807, 2.05) is 18.2 Å². The summed E-state index contributed by atoms with van der Waals surface area (Å²) < 4.78 is 0. The van der Waals surface area contributed by atoms with E-state index in [1.165, 1.54) is 0 Å². The minimum absolute atomic E-state index is 0.0163. The molecule has 1 amide bonds. The number of aromatic nitrogens is 1. The van der Waals surface area contributed by atoms with Gasteiger partial charge in [0, 0.05) is 18.7 Å². The summed E-state index contributed by atoms with van der Waals surface area (Å²) in [6.45, 7) is 9.05. The molecule has 1 fully saturated rings. The molecule has 2 heterocycles. The van der Waals surface area contributed by atoms with Crippen molar-refractivity contribution in [3.8, 4) is 0 Å². The van der Waals surface area contributed by atoms with Crippen LogP contribution in [0.4, 0.5) is 0 Å². The van der Waals surface area contributed by atoms with Crippen LogP contribution in [0.5, 0.6) is 0 Å². The van der Waals surface area contributed by atoms with Crippen LogP contribution in [0.1, 0.15) is 52.1 Å². The van der Waals surface area contributed by atoms with Gasteiger partial charge in [-0.05, 0) is 49.9 Å². The highest BCUT2D eigenvalue weighted by molar-refractivity contribution is 5.77. The summed E-state index contributed by atoms with van der Waals surface area (Å²) in [7, 11) is 0. The van der Waals surface area contributed by atoms with Gasteiger partial charge >= 0.3 is 0 Å². The smallest absolute Gasteiger partial charge is 0.223 e. The van der Waals surface area contributed by atoms with E-state index >= 15 is 0 Å². The Hall–Kier alpha value is -1.42. The van der Waals surface area contributed by atoms with E-state index in [4.69, 9.17) is 0 Å². The fourth-order valence-electron chi connectivity index (χ4n) is 2.95. The SMILES string of the molecule is CC(C)(C)CC(=O)N(Cc1ccccn1)C1CCCNCC1. The molecule has 1 N–H and O–H groups in total. The Labute approximate surface area is 134 Å². The molecule has 22 heavy (non-hydrogen) atoms. The lowest BCUT2D eigenvalue weighted by molar-refractivity contribution is -0.136. The number of pyridine rings is 1. The third kappa shape index (κ3) is 5.41. The van der Waals surface area contributed by atoms with Gasteiger partial charge in [-0.25, -0.2) is 0 Å². The van der Waals surface area contributed by atoms with Crippen LogP contribution in [-0.4, -0.2) is 34.9 Å². The predicted octanol–water partition coefficient (Wildman–Crippen LogP) is 2.99. The van der Waals surface area contributed by atoms with Gasteiger partial charge in [0.05, 0.1) is 12.2 Å². The van der Waals surface area contributed by atoms with E-state index in [9.17, 15) is 4.79 Å². The van der Waals surface area contributed by atoms with Crippen LogP contribution in [0.15, 0.2) is 24.4 Å². The zero-order valence-corrected chi connectivity index (χ0v) is 14.1. The second kappa shape index (κ2) is 7.73. The third-order valence-electron chi connectivity index (χ3n) is 4.05. The van der Waals surface area contributed by atoms with E-state index in [-0.39, 0.29) is 11.3 Å². The molecule has 0 aliphatic carbocycles. The number of hydrogen-bond acceptors (Lipinski definition) is 3. The lowest BCUT2D eigenvalue weighted by Gasteiger charge is -2.33. The van der Waals surface area contributed by atoms with Crippen LogP contribution < -0.4 is 5.32 Å². The second-order valence-corrected chi connectivity index (χ2v) is 7.41. The van der Waals surface area contributed by atoms with E-state index in [0.29, 0.717) is 19.0 Å². The zero-order chi connectivity index (χ0) is 16.0. The molecule has 1 aromatic rings. The van der Waals surface area contributed by atoms with Gasteiger partial charge in [-0.3, -0.25) is 9.78 Å². The first-order valence-electron chi connectivity index (χ1n) is 8.36. The molecule has 1 saturated heterocycles. The molecule has 2 rings (SSSR count). The summed E-state index contributed by atoms with van der Waals surface area (Å²) in [6.07, 6.45) is 5.63. The Morgan fingerprint density at radius 3 is 2.82 bits per heavy atom. The monoisotopic (exact) mass is 303 g/mol. The molecule has 1 aliphatic rings. The normalized spacial score (nSPS) is 19.5. The maximum absolute atomic E-state index is 12.9. The summed E-state index contributed by atoms with van der Waals surface area (Å²) in [5.41, 5.74) is 0.990. The highest BCUT2D eigenvalue weighted by Gasteiger charge is 2.27. The van der Waals surface area contributed by atoms with Crippen molar-refractivity contribution in [1.82, 2.24) is 15.2 Å². The highest BCUT2D eigenvalue weighted by Crippen LogP contribution is 2.24. The van der Waals surface area contributed by atoms with Gasteiger partial charge in [0.1, 0.15) is 0 Å². The molecule has 0 saturated carbocycles. The molecule has 4 heteroatoms. The molecular weight excluding hydrogens is 274 g/mol. The maximum atomic E-state index is 12.9. The number of carbonyl (C=O) groups excluding carboxylic acids is 1. The Bertz CT molecular complexity index is 459. The van der Waals surface area contributed by atoms with Crippen molar-refractivity contribution >= 4 is 5.91 Å². The van der Waals surface area contributed by atoms with Crippen LogP contribution in [0.2, 0.25) is 0 Å². The first-order chi connectivity index (χ1) is 10.5. The van der Waals surface area contributed by atoms with E-state index < -0.39 is 0 Å². The minimum Gasteiger partial charge on any atom is -0.334 e. The van der Waals surface area contributed by atoms with Crippen molar-refractivity contribution in [2.45, 2.75) is 59.0 Å². The zero-order valence-electron chi connectivity index (χ0n) is 14.1. The average molecular weight is 303 g/mol. The van der Waals surface area contributed by atoms with Crippen LogP contribution in [0, 0.1) is 5.41 Å². The second-order valence-electron chi connectivity index (χ2n) is 7.41. The molecule has 122 valence electrons. The lowest BCUT2D eigenvalue weighted by Crippen LogP contribution is -2.41. The fourth-order valence-corrected chi connectivity index (χ4v) is 2.95. The van der Waals surface area contributed by atoms with Crippen LogP contribution >= 0.6 is 0 Å². The summed E-state index contributed by atoms with van der Waals surface area (Å²) in [5, 5.41) is 3.43. The van der Waals surface area contributed by atoms with Gasteiger partial charge in [-0.2, -0.15) is 0 Å². The molecule has 1 aromatic heterocycles. The molecular formula is C18H29N3O. The summed E-state index contributed by atoms with van der Waals surface area (Å²) >= 11 is 0. The van der Waals surface area contributed by atoms with Gasteiger partial charge in [0.2, 0.25) is 5.91 Å². The fraction of sp³-hybridized carbons (Fsp3) is 0.667. The summed E-state index contributed by atoms with van der Waals surface area (Å²) in [6, 6.07) is 6.24. The summed E-state index contributed by atoms with van der Waals surface area (Å²) in [5.74, 6) is 0.255. The van der Waals surface area contributed by atoms with Crippen molar-refractivity contribution in [1.29, 1.82) is 0 Å². The third-order valence-corrected chi connectivity index (χ3v) is 4.05. The molecule has 0 spiro atoms. The number of nitrogens with zero attached hydrogens (tertiary/aromatic N) is 2. The van der Waals surface area contributed by atoms with Gasteiger partial charge in [0.25, 0.3) is 0 Å². The number of hydrogen-bond donors (Lipinski definition) is 1. The predicted molar refractivity (Wildman–Crippen MR) is 89.4 cm³/mol.